The van der Waals surface area contributed by atoms with Crippen molar-refractivity contribution in [3.05, 3.63) is 0 Å². The van der Waals surface area contributed by atoms with Gasteiger partial charge in [0.25, 0.3) is 0 Å². The zero-order valence-corrected chi connectivity index (χ0v) is 10.5. The van der Waals surface area contributed by atoms with Crippen LogP contribution in [0, 0.1) is 0 Å². The molecule has 16 heavy (non-hydrogen) atoms. The van der Waals surface area contributed by atoms with Gasteiger partial charge in [-0.15, -0.1) is 0 Å². The van der Waals surface area contributed by atoms with Gasteiger partial charge >= 0.3 is 0 Å². The number of likely N-dealkylation sites (N-methyl/N-ethyl adjacent to an activating group) is 1. The molecule has 0 aromatic rings. The maximum atomic E-state index is 10.4. The minimum absolute atomic E-state index is 0.309. The maximum Gasteiger partial charge on any atom is 0.0774 e. The Morgan fingerprint density at radius 1 is 1.19 bits per heavy atom. The number of nitrogens with two attached hydrogens (primary N) is 1. The van der Waals surface area contributed by atoms with Crippen LogP contribution in [0.15, 0.2) is 0 Å². The molecule has 3 N–H and O–H groups in total. The lowest BCUT2D eigenvalue weighted by molar-refractivity contribution is -0.00196. The van der Waals surface area contributed by atoms with E-state index in [0.29, 0.717) is 12.1 Å². The second-order valence-electron chi connectivity index (χ2n) is 5.86. The fourth-order valence-electron chi connectivity index (χ4n) is 3.46. The fourth-order valence-corrected chi connectivity index (χ4v) is 3.46. The lowest BCUT2D eigenvalue weighted by Crippen LogP contribution is -2.52. The van der Waals surface area contributed by atoms with Gasteiger partial charge in [0.15, 0.2) is 0 Å². The Hall–Kier alpha value is -0.120. The smallest absolute Gasteiger partial charge is 0.0774 e. The molecule has 0 heterocycles. The van der Waals surface area contributed by atoms with Crippen LogP contribution < -0.4 is 5.73 Å². The molecule has 3 nitrogen and oxygen atoms in total. The Bertz CT molecular complexity index is 226. The summed E-state index contributed by atoms with van der Waals surface area (Å²) in [5.74, 6) is 0. The molecule has 2 rings (SSSR count). The van der Waals surface area contributed by atoms with Gasteiger partial charge in [-0.1, -0.05) is 25.7 Å². The molecule has 0 radical (unpaired) electrons. The molecule has 0 aromatic heterocycles. The SMILES string of the molecule is CN(CC1(O)CCCC1)C1CCCCC1N. The van der Waals surface area contributed by atoms with Gasteiger partial charge in [-0.3, -0.25) is 4.90 Å². The third kappa shape index (κ3) is 2.76. The van der Waals surface area contributed by atoms with E-state index < -0.39 is 5.60 Å². The average molecular weight is 226 g/mol. The summed E-state index contributed by atoms with van der Waals surface area (Å²) in [4.78, 5) is 2.31. The predicted octanol–water partition coefficient (Wildman–Crippen LogP) is 1.49. The van der Waals surface area contributed by atoms with E-state index in [0.717, 1.165) is 25.8 Å². The Labute approximate surface area is 99.0 Å². The fraction of sp³-hybridized carbons (Fsp3) is 1.00. The van der Waals surface area contributed by atoms with E-state index >= 15 is 0 Å². The molecule has 0 saturated heterocycles. The number of hydrogen-bond acceptors (Lipinski definition) is 3. The summed E-state index contributed by atoms with van der Waals surface area (Å²) in [5.41, 5.74) is 5.75. The van der Waals surface area contributed by atoms with Crippen molar-refractivity contribution in [2.45, 2.75) is 69.1 Å². The van der Waals surface area contributed by atoms with Gasteiger partial charge < -0.3 is 10.8 Å². The molecule has 0 aromatic carbocycles. The Balaban J connectivity index is 1.88. The molecule has 2 saturated carbocycles. The molecule has 2 aliphatic carbocycles. The minimum atomic E-state index is -0.425. The summed E-state index contributed by atoms with van der Waals surface area (Å²) in [6.07, 6.45) is 9.22. The molecular formula is C13H26N2O. The topological polar surface area (TPSA) is 49.5 Å². The predicted molar refractivity (Wildman–Crippen MR) is 66.3 cm³/mol. The van der Waals surface area contributed by atoms with E-state index in [-0.39, 0.29) is 0 Å². The summed E-state index contributed by atoms with van der Waals surface area (Å²) in [5, 5.41) is 10.4. The highest BCUT2D eigenvalue weighted by molar-refractivity contribution is 4.91. The second kappa shape index (κ2) is 5.03. The van der Waals surface area contributed by atoms with E-state index in [1.54, 1.807) is 0 Å². The number of rotatable bonds is 3. The van der Waals surface area contributed by atoms with Crippen LogP contribution in [-0.2, 0) is 0 Å². The van der Waals surface area contributed by atoms with Gasteiger partial charge in [-0.2, -0.15) is 0 Å². The lowest BCUT2D eigenvalue weighted by atomic mass is 9.89. The van der Waals surface area contributed by atoms with Gasteiger partial charge in [-0.05, 0) is 32.7 Å². The first kappa shape index (κ1) is 12.3. The minimum Gasteiger partial charge on any atom is -0.389 e. The van der Waals surface area contributed by atoms with Gasteiger partial charge in [0.1, 0.15) is 0 Å². The normalized spacial score (nSPS) is 34.5. The summed E-state index contributed by atoms with van der Waals surface area (Å²) >= 11 is 0. The summed E-state index contributed by atoms with van der Waals surface area (Å²) in [7, 11) is 2.13. The van der Waals surface area contributed by atoms with Crippen molar-refractivity contribution in [2.75, 3.05) is 13.6 Å². The van der Waals surface area contributed by atoms with Gasteiger partial charge in [0, 0.05) is 18.6 Å². The van der Waals surface area contributed by atoms with E-state index in [1.165, 1.54) is 32.1 Å². The molecule has 2 fully saturated rings. The molecule has 0 spiro atoms. The van der Waals surface area contributed by atoms with E-state index in [1.807, 2.05) is 0 Å². The van der Waals surface area contributed by atoms with Crippen LogP contribution in [0.3, 0.4) is 0 Å². The highest BCUT2D eigenvalue weighted by Gasteiger charge is 2.35. The van der Waals surface area contributed by atoms with E-state index in [2.05, 4.69) is 11.9 Å². The standard InChI is InChI=1S/C13H26N2O/c1-15(10-13(16)8-4-5-9-13)12-7-3-2-6-11(12)14/h11-12,16H,2-10,14H2,1H3. The first-order valence-corrected chi connectivity index (χ1v) is 6.79. The Kier molecular flexibility index (Phi) is 3.88. The van der Waals surface area contributed by atoms with Gasteiger partial charge in [-0.25, -0.2) is 0 Å². The van der Waals surface area contributed by atoms with Crippen molar-refractivity contribution in [1.29, 1.82) is 0 Å². The van der Waals surface area contributed by atoms with Gasteiger partial charge in [0.05, 0.1) is 5.60 Å². The van der Waals surface area contributed by atoms with Crippen molar-refractivity contribution in [2.24, 2.45) is 5.73 Å². The molecule has 2 aliphatic rings. The van der Waals surface area contributed by atoms with Crippen LogP contribution >= 0.6 is 0 Å². The highest BCUT2D eigenvalue weighted by atomic mass is 16.3. The number of hydrogen-bond donors (Lipinski definition) is 2. The quantitative estimate of drug-likeness (QED) is 0.766. The Morgan fingerprint density at radius 2 is 1.81 bits per heavy atom. The number of aliphatic hydroxyl groups is 1. The van der Waals surface area contributed by atoms with Crippen molar-refractivity contribution in [1.82, 2.24) is 4.90 Å². The van der Waals surface area contributed by atoms with Gasteiger partial charge in [0.2, 0.25) is 0 Å². The lowest BCUT2D eigenvalue weighted by Gasteiger charge is -2.39. The molecule has 0 amide bonds. The van der Waals surface area contributed by atoms with Crippen molar-refractivity contribution < 1.29 is 5.11 Å². The molecule has 2 atom stereocenters. The van der Waals surface area contributed by atoms with E-state index in [4.69, 9.17) is 5.73 Å². The third-order valence-corrected chi connectivity index (χ3v) is 4.43. The van der Waals surface area contributed by atoms with Crippen molar-refractivity contribution in [3.8, 4) is 0 Å². The van der Waals surface area contributed by atoms with Crippen LogP contribution in [-0.4, -0.2) is 41.3 Å². The summed E-state index contributed by atoms with van der Waals surface area (Å²) < 4.78 is 0. The van der Waals surface area contributed by atoms with Crippen LogP contribution in [0.5, 0.6) is 0 Å². The first-order chi connectivity index (χ1) is 7.61. The summed E-state index contributed by atoms with van der Waals surface area (Å²) in [6.45, 7) is 0.811. The Morgan fingerprint density at radius 3 is 2.44 bits per heavy atom. The highest BCUT2D eigenvalue weighted by Crippen LogP contribution is 2.31. The van der Waals surface area contributed by atoms with E-state index in [9.17, 15) is 5.11 Å². The first-order valence-electron chi connectivity index (χ1n) is 6.79. The zero-order valence-electron chi connectivity index (χ0n) is 10.5. The monoisotopic (exact) mass is 226 g/mol. The van der Waals surface area contributed by atoms with Crippen LogP contribution in [0.2, 0.25) is 0 Å². The molecule has 3 heteroatoms. The van der Waals surface area contributed by atoms with Crippen LogP contribution in [0.1, 0.15) is 51.4 Å². The van der Waals surface area contributed by atoms with Crippen molar-refractivity contribution >= 4 is 0 Å². The molecule has 94 valence electrons. The zero-order chi connectivity index (χ0) is 11.6. The summed E-state index contributed by atoms with van der Waals surface area (Å²) in [6, 6.07) is 0.794. The molecule has 0 bridgehead atoms. The van der Waals surface area contributed by atoms with Crippen LogP contribution in [0.4, 0.5) is 0 Å². The van der Waals surface area contributed by atoms with Crippen LogP contribution in [0.25, 0.3) is 0 Å². The molecular weight excluding hydrogens is 200 g/mol. The average Bonchev–Trinajstić information content (AvgIpc) is 2.65. The third-order valence-electron chi connectivity index (χ3n) is 4.43. The van der Waals surface area contributed by atoms with Crippen molar-refractivity contribution in [3.63, 3.8) is 0 Å². The molecule has 0 aliphatic heterocycles. The molecule has 2 unspecified atom stereocenters. The largest absolute Gasteiger partial charge is 0.389 e. The second-order valence-corrected chi connectivity index (χ2v) is 5.86. The maximum absolute atomic E-state index is 10.4. The number of nitrogens with zero attached hydrogens (tertiary/aromatic N) is 1.